The van der Waals surface area contributed by atoms with Crippen molar-refractivity contribution in [2.24, 2.45) is 21.7 Å². The summed E-state index contributed by atoms with van der Waals surface area (Å²) < 4.78 is 29.6. The Kier molecular flexibility index (Phi) is 2.82. The van der Waals surface area contributed by atoms with Gasteiger partial charge in [0.25, 0.3) is 0 Å². The lowest BCUT2D eigenvalue weighted by atomic mass is 9.36. The number of rotatable bonds is 3. The van der Waals surface area contributed by atoms with Crippen LogP contribution in [0.3, 0.4) is 0 Å². The van der Waals surface area contributed by atoms with Gasteiger partial charge in [0.05, 0.1) is 6.61 Å². The Balaban J connectivity index is 1.81. The molecule has 0 heterocycles. The van der Waals surface area contributed by atoms with Crippen molar-refractivity contribution in [3.63, 3.8) is 0 Å². The Labute approximate surface area is 119 Å². The minimum atomic E-state index is -3.01. The summed E-state index contributed by atoms with van der Waals surface area (Å²) in [6.07, 6.45) is 3.71. The van der Waals surface area contributed by atoms with Crippen LogP contribution >= 0.6 is 0 Å². The molecular weight excluding hydrogens is 262 g/mol. The smallest absolute Gasteiger partial charge is 0.373 e. The minimum Gasteiger partial charge on any atom is -0.461 e. The van der Waals surface area contributed by atoms with E-state index in [0.29, 0.717) is 0 Å². The fourth-order valence-corrected chi connectivity index (χ4v) is 7.00. The number of hydrogen-bond acceptors (Lipinski definition) is 2. The molecule has 0 spiro atoms. The van der Waals surface area contributed by atoms with Gasteiger partial charge in [-0.05, 0) is 54.8 Å². The van der Waals surface area contributed by atoms with Gasteiger partial charge in [0.15, 0.2) is 0 Å². The highest BCUT2D eigenvalue weighted by molar-refractivity contribution is 5.72. The van der Waals surface area contributed by atoms with Crippen LogP contribution in [0.2, 0.25) is 0 Å². The molecule has 0 N–H and O–H groups in total. The third kappa shape index (κ3) is 2.25. The monoisotopic (exact) mass is 286 g/mol. The van der Waals surface area contributed by atoms with E-state index in [4.69, 9.17) is 4.74 Å². The van der Waals surface area contributed by atoms with E-state index in [1.807, 2.05) is 0 Å². The molecule has 0 saturated heterocycles. The maximum absolute atomic E-state index is 12.3. The third-order valence-corrected chi connectivity index (χ3v) is 5.66. The first-order chi connectivity index (χ1) is 9.07. The topological polar surface area (TPSA) is 26.3 Å². The van der Waals surface area contributed by atoms with Gasteiger partial charge >= 0.3 is 12.4 Å². The SMILES string of the molecule is CC12CC3(C)CC(C)(C1)CC(COC(=O)C(F)F)(C2)C3. The standard InChI is InChI=1S/C16H24F2O2/c1-13-4-14(2)6-15(3,5-13)9-16(7-13,8-14)10-20-12(19)11(17)18/h11H,4-10H2,1-3H3. The molecule has 4 rings (SSSR count). The quantitative estimate of drug-likeness (QED) is 0.727. The van der Waals surface area contributed by atoms with Crippen molar-refractivity contribution >= 4 is 5.97 Å². The zero-order valence-corrected chi connectivity index (χ0v) is 12.6. The number of esters is 1. The van der Waals surface area contributed by atoms with Crippen molar-refractivity contribution < 1.29 is 18.3 Å². The van der Waals surface area contributed by atoms with Gasteiger partial charge in [-0.3, -0.25) is 0 Å². The van der Waals surface area contributed by atoms with Gasteiger partial charge in [0.2, 0.25) is 0 Å². The Hall–Kier alpha value is -0.670. The maximum atomic E-state index is 12.3. The Morgan fingerprint density at radius 1 is 0.950 bits per heavy atom. The minimum absolute atomic E-state index is 0.0719. The lowest BCUT2D eigenvalue weighted by molar-refractivity contribution is -0.206. The molecule has 0 aromatic rings. The van der Waals surface area contributed by atoms with Crippen LogP contribution in [-0.4, -0.2) is 19.0 Å². The average Bonchev–Trinajstić information content (AvgIpc) is 2.18. The predicted molar refractivity (Wildman–Crippen MR) is 71.4 cm³/mol. The van der Waals surface area contributed by atoms with Crippen LogP contribution in [0.1, 0.15) is 59.3 Å². The van der Waals surface area contributed by atoms with E-state index in [1.54, 1.807) is 0 Å². The molecule has 4 bridgehead atoms. The van der Waals surface area contributed by atoms with E-state index in [0.717, 1.165) is 19.3 Å². The molecule has 114 valence electrons. The van der Waals surface area contributed by atoms with Gasteiger partial charge in [0.1, 0.15) is 0 Å². The molecule has 0 unspecified atom stereocenters. The summed E-state index contributed by atoms with van der Waals surface area (Å²) in [5.74, 6) is -1.36. The van der Waals surface area contributed by atoms with E-state index < -0.39 is 12.4 Å². The number of hydrogen-bond donors (Lipinski definition) is 0. The van der Waals surface area contributed by atoms with Crippen LogP contribution in [0.4, 0.5) is 8.78 Å². The van der Waals surface area contributed by atoms with Crippen LogP contribution < -0.4 is 0 Å². The van der Waals surface area contributed by atoms with Gasteiger partial charge in [-0.15, -0.1) is 0 Å². The largest absolute Gasteiger partial charge is 0.461 e. The fourth-order valence-electron chi connectivity index (χ4n) is 7.00. The van der Waals surface area contributed by atoms with E-state index in [9.17, 15) is 13.6 Å². The van der Waals surface area contributed by atoms with Gasteiger partial charge < -0.3 is 4.74 Å². The molecule has 0 amide bonds. The highest BCUT2D eigenvalue weighted by atomic mass is 19.3. The van der Waals surface area contributed by atoms with Gasteiger partial charge in [-0.2, -0.15) is 8.78 Å². The summed E-state index contributed by atoms with van der Waals surface area (Å²) in [4.78, 5) is 11.1. The molecule has 4 aliphatic rings. The summed E-state index contributed by atoms with van der Waals surface area (Å²) in [5.41, 5.74) is 0.790. The molecular formula is C16H24F2O2. The fraction of sp³-hybridized carbons (Fsp3) is 0.938. The average molecular weight is 286 g/mol. The summed E-state index contributed by atoms with van der Waals surface area (Å²) >= 11 is 0. The van der Waals surface area contributed by atoms with Crippen LogP contribution in [0.5, 0.6) is 0 Å². The lowest BCUT2D eigenvalue weighted by Gasteiger charge is -2.68. The predicted octanol–water partition coefficient (Wildman–Crippen LogP) is 4.18. The zero-order chi connectivity index (χ0) is 14.8. The molecule has 0 radical (unpaired) electrons. The molecule has 4 saturated carbocycles. The van der Waals surface area contributed by atoms with Crippen LogP contribution in [-0.2, 0) is 9.53 Å². The van der Waals surface area contributed by atoms with E-state index in [1.165, 1.54) is 19.3 Å². The van der Waals surface area contributed by atoms with Crippen LogP contribution in [0, 0.1) is 21.7 Å². The van der Waals surface area contributed by atoms with Crippen molar-refractivity contribution in [1.29, 1.82) is 0 Å². The van der Waals surface area contributed by atoms with Crippen molar-refractivity contribution in [2.45, 2.75) is 65.7 Å². The molecule has 0 atom stereocenters. The number of halogens is 2. The molecule has 0 aromatic carbocycles. The van der Waals surface area contributed by atoms with E-state index in [2.05, 4.69) is 20.8 Å². The van der Waals surface area contributed by atoms with Crippen molar-refractivity contribution in [3.8, 4) is 0 Å². The van der Waals surface area contributed by atoms with Crippen molar-refractivity contribution in [1.82, 2.24) is 0 Å². The second-order valence-corrected chi connectivity index (χ2v) is 8.90. The van der Waals surface area contributed by atoms with Gasteiger partial charge in [0, 0.05) is 5.41 Å². The summed E-state index contributed by atoms with van der Waals surface area (Å²) in [7, 11) is 0. The van der Waals surface area contributed by atoms with Gasteiger partial charge in [-0.1, -0.05) is 20.8 Å². The van der Waals surface area contributed by atoms with Gasteiger partial charge in [-0.25, -0.2) is 4.79 Å². The molecule has 0 aromatic heterocycles. The summed E-state index contributed by atoms with van der Waals surface area (Å²) in [6, 6.07) is 0. The Morgan fingerprint density at radius 2 is 1.35 bits per heavy atom. The molecule has 20 heavy (non-hydrogen) atoms. The van der Waals surface area contributed by atoms with E-state index >= 15 is 0 Å². The number of carbonyl (C=O) groups excluding carboxylic acids is 1. The highest BCUT2D eigenvalue weighted by Gasteiger charge is 2.64. The number of alkyl halides is 2. The van der Waals surface area contributed by atoms with E-state index in [-0.39, 0.29) is 28.3 Å². The van der Waals surface area contributed by atoms with Crippen molar-refractivity contribution in [3.05, 3.63) is 0 Å². The highest BCUT2D eigenvalue weighted by Crippen LogP contribution is 2.73. The first kappa shape index (κ1) is 14.3. The lowest BCUT2D eigenvalue weighted by Crippen LogP contribution is -2.60. The second-order valence-electron chi connectivity index (χ2n) is 8.90. The number of ether oxygens (including phenoxy) is 1. The Morgan fingerprint density at radius 3 is 1.70 bits per heavy atom. The molecule has 0 aliphatic heterocycles. The molecule has 4 fully saturated rings. The zero-order valence-electron chi connectivity index (χ0n) is 12.6. The molecule has 2 nitrogen and oxygen atoms in total. The number of carbonyl (C=O) groups is 1. The first-order valence-corrected chi connectivity index (χ1v) is 7.52. The van der Waals surface area contributed by atoms with Crippen LogP contribution in [0.25, 0.3) is 0 Å². The normalized spacial score (nSPS) is 49.7. The summed E-state index contributed by atoms with van der Waals surface area (Å²) in [6.45, 7) is 7.15. The molecule has 4 aliphatic carbocycles. The molecule has 4 heteroatoms. The van der Waals surface area contributed by atoms with Crippen molar-refractivity contribution in [2.75, 3.05) is 6.61 Å². The van der Waals surface area contributed by atoms with Crippen LogP contribution in [0.15, 0.2) is 0 Å². The second kappa shape index (κ2) is 3.95. The summed E-state index contributed by atoms with van der Waals surface area (Å²) in [5, 5.41) is 0. The first-order valence-electron chi connectivity index (χ1n) is 7.52. The Bertz CT molecular complexity index is 392. The maximum Gasteiger partial charge on any atom is 0.373 e. The third-order valence-electron chi connectivity index (χ3n) is 5.66.